The maximum Gasteiger partial charge on any atom is 0.0907 e. The molecular formula is C12H20Cl2N2O. The highest BCUT2D eigenvalue weighted by Crippen LogP contribution is 2.35. The number of nitrogens with one attached hydrogen (secondary N) is 1. The largest absolute Gasteiger partial charge is 0.397 e. The molecule has 0 saturated heterocycles. The molecule has 0 bridgehead atoms. The maximum absolute atomic E-state index is 10.4. The van der Waals surface area contributed by atoms with Gasteiger partial charge >= 0.3 is 0 Å². The van der Waals surface area contributed by atoms with Crippen LogP contribution in [0, 0.1) is 0 Å². The summed E-state index contributed by atoms with van der Waals surface area (Å²) >= 11 is 11.9. The number of aliphatic hydroxyl groups is 1. The Morgan fingerprint density at radius 2 is 2.06 bits per heavy atom. The molecule has 17 heavy (non-hydrogen) atoms. The van der Waals surface area contributed by atoms with Gasteiger partial charge in [-0.1, -0.05) is 23.2 Å². The zero-order valence-electron chi connectivity index (χ0n) is 10.5. The molecule has 5 heteroatoms. The van der Waals surface area contributed by atoms with Crippen LogP contribution in [0.1, 0.15) is 33.6 Å². The molecule has 0 radical (unpaired) electrons. The second-order valence-electron chi connectivity index (χ2n) is 5.52. The topological polar surface area (TPSA) is 58.3 Å². The van der Waals surface area contributed by atoms with Crippen molar-refractivity contribution >= 4 is 23.2 Å². The molecule has 1 aliphatic carbocycles. The van der Waals surface area contributed by atoms with Gasteiger partial charge in [-0.2, -0.15) is 0 Å². The number of hydrogen-bond donors (Lipinski definition) is 3. The van der Waals surface area contributed by atoms with Gasteiger partial charge in [-0.3, -0.25) is 0 Å². The van der Waals surface area contributed by atoms with Crippen molar-refractivity contribution in [2.75, 3.05) is 6.54 Å². The lowest BCUT2D eigenvalue weighted by molar-refractivity contribution is 0.0796. The fourth-order valence-corrected chi connectivity index (χ4v) is 2.37. The Hall–Kier alpha value is -0.220. The van der Waals surface area contributed by atoms with Gasteiger partial charge < -0.3 is 16.2 Å². The van der Waals surface area contributed by atoms with Gasteiger partial charge in [0.1, 0.15) is 0 Å². The van der Waals surface area contributed by atoms with Crippen LogP contribution in [-0.4, -0.2) is 22.8 Å². The summed E-state index contributed by atoms with van der Waals surface area (Å²) in [5, 5.41) is 14.4. The highest BCUT2D eigenvalue weighted by molar-refractivity contribution is 6.36. The molecule has 3 nitrogen and oxygen atoms in total. The van der Waals surface area contributed by atoms with Crippen LogP contribution in [0.15, 0.2) is 21.8 Å². The van der Waals surface area contributed by atoms with E-state index in [4.69, 9.17) is 28.9 Å². The van der Waals surface area contributed by atoms with Crippen LogP contribution in [0.3, 0.4) is 0 Å². The summed E-state index contributed by atoms with van der Waals surface area (Å²) in [6.45, 7) is 6.91. The summed E-state index contributed by atoms with van der Waals surface area (Å²) in [6, 6.07) is 0. The van der Waals surface area contributed by atoms with E-state index in [1.54, 1.807) is 6.08 Å². The third kappa shape index (κ3) is 4.51. The van der Waals surface area contributed by atoms with Gasteiger partial charge in [0.2, 0.25) is 0 Å². The molecule has 1 unspecified atom stereocenters. The monoisotopic (exact) mass is 278 g/mol. The first-order valence-corrected chi connectivity index (χ1v) is 6.39. The van der Waals surface area contributed by atoms with Crippen LogP contribution in [0.2, 0.25) is 0 Å². The molecular weight excluding hydrogens is 259 g/mol. The Balaban J connectivity index is 2.61. The molecule has 1 atom stereocenters. The van der Waals surface area contributed by atoms with E-state index < -0.39 is 5.60 Å². The molecule has 0 amide bonds. The lowest BCUT2D eigenvalue weighted by Gasteiger charge is -2.30. The standard InChI is InChI=1S/C12H20Cl2N2O/c1-11(2,3)16-5-4-12(17)6-8(13)10(15)9(14)7-12/h6,16-17H,4-5,7,15H2,1-3H3. The highest BCUT2D eigenvalue weighted by Gasteiger charge is 2.31. The first kappa shape index (κ1) is 14.8. The zero-order valence-corrected chi connectivity index (χ0v) is 12.0. The Morgan fingerprint density at radius 1 is 1.47 bits per heavy atom. The maximum atomic E-state index is 10.4. The smallest absolute Gasteiger partial charge is 0.0907 e. The van der Waals surface area contributed by atoms with Crippen LogP contribution >= 0.6 is 23.2 Å². The second kappa shape index (κ2) is 5.19. The van der Waals surface area contributed by atoms with Crippen molar-refractivity contribution < 1.29 is 5.11 Å². The quantitative estimate of drug-likeness (QED) is 0.743. The predicted molar refractivity (Wildman–Crippen MR) is 72.9 cm³/mol. The van der Waals surface area contributed by atoms with Gasteiger partial charge in [0, 0.05) is 17.0 Å². The SMILES string of the molecule is CC(C)(C)NCCC1(O)C=C(Cl)C(N)=C(Cl)C1. The van der Waals surface area contributed by atoms with E-state index in [-0.39, 0.29) is 5.54 Å². The van der Waals surface area contributed by atoms with Crippen molar-refractivity contribution in [3.63, 3.8) is 0 Å². The lowest BCUT2D eigenvalue weighted by Crippen LogP contribution is -2.41. The first-order valence-electron chi connectivity index (χ1n) is 5.63. The summed E-state index contributed by atoms with van der Waals surface area (Å²) in [4.78, 5) is 0. The van der Waals surface area contributed by atoms with E-state index in [2.05, 4.69) is 26.1 Å². The Bertz CT molecular complexity index is 358. The van der Waals surface area contributed by atoms with Gasteiger partial charge in [0.05, 0.1) is 16.3 Å². The number of halogens is 2. The summed E-state index contributed by atoms with van der Waals surface area (Å²) in [7, 11) is 0. The summed E-state index contributed by atoms with van der Waals surface area (Å²) in [5.41, 5.74) is 5.04. The van der Waals surface area contributed by atoms with Crippen LogP contribution in [0.5, 0.6) is 0 Å². The van der Waals surface area contributed by atoms with Crippen molar-refractivity contribution in [1.82, 2.24) is 5.32 Å². The lowest BCUT2D eigenvalue weighted by atomic mass is 9.90. The first-order chi connectivity index (χ1) is 7.63. The molecule has 1 rings (SSSR count). The Morgan fingerprint density at radius 3 is 2.53 bits per heavy atom. The van der Waals surface area contributed by atoms with Gasteiger partial charge in [-0.15, -0.1) is 0 Å². The molecule has 0 aromatic heterocycles. The minimum absolute atomic E-state index is 0.0250. The molecule has 1 aliphatic rings. The molecule has 0 aromatic carbocycles. The zero-order chi connectivity index (χ0) is 13.3. The van der Waals surface area contributed by atoms with E-state index in [0.717, 1.165) is 0 Å². The van der Waals surface area contributed by atoms with Crippen LogP contribution < -0.4 is 11.1 Å². The fraction of sp³-hybridized carbons (Fsp3) is 0.667. The molecule has 4 N–H and O–H groups in total. The van der Waals surface area contributed by atoms with E-state index in [1.165, 1.54) is 0 Å². The normalized spacial score (nSPS) is 26.1. The van der Waals surface area contributed by atoms with Gasteiger partial charge in [-0.05, 0) is 39.8 Å². The Labute approximate surface area is 113 Å². The van der Waals surface area contributed by atoms with Gasteiger partial charge in [-0.25, -0.2) is 0 Å². The van der Waals surface area contributed by atoms with E-state index in [9.17, 15) is 5.11 Å². The van der Waals surface area contributed by atoms with E-state index >= 15 is 0 Å². The van der Waals surface area contributed by atoms with Crippen molar-refractivity contribution in [3.8, 4) is 0 Å². The highest BCUT2D eigenvalue weighted by atomic mass is 35.5. The third-order valence-corrected chi connectivity index (χ3v) is 3.27. The number of allylic oxidation sites excluding steroid dienone is 1. The summed E-state index contributed by atoms with van der Waals surface area (Å²) in [5.74, 6) is 0. The molecule has 0 spiro atoms. The predicted octanol–water partition coefficient (Wildman–Crippen LogP) is 2.43. The number of hydrogen-bond acceptors (Lipinski definition) is 3. The van der Waals surface area contributed by atoms with Crippen molar-refractivity contribution in [1.29, 1.82) is 0 Å². The van der Waals surface area contributed by atoms with Crippen LogP contribution in [0.4, 0.5) is 0 Å². The van der Waals surface area contributed by atoms with Crippen molar-refractivity contribution in [3.05, 3.63) is 21.8 Å². The minimum atomic E-state index is -1.00. The van der Waals surface area contributed by atoms with Gasteiger partial charge in [0.25, 0.3) is 0 Å². The molecule has 0 heterocycles. The third-order valence-electron chi connectivity index (χ3n) is 2.62. The van der Waals surface area contributed by atoms with Crippen LogP contribution in [-0.2, 0) is 0 Å². The van der Waals surface area contributed by atoms with Crippen molar-refractivity contribution in [2.45, 2.75) is 44.8 Å². The number of rotatable bonds is 3. The summed E-state index contributed by atoms with van der Waals surface area (Å²) in [6.07, 6.45) is 2.45. The molecule has 0 aromatic rings. The van der Waals surface area contributed by atoms with E-state index in [0.29, 0.717) is 35.1 Å². The van der Waals surface area contributed by atoms with E-state index in [1.807, 2.05) is 0 Å². The Kier molecular flexibility index (Phi) is 4.53. The molecule has 0 saturated carbocycles. The molecule has 98 valence electrons. The summed E-state index contributed by atoms with van der Waals surface area (Å²) < 4.78 is 0. The second-order valence-corrected chi connectivity index (χ2v) is 6.38. The van der Waals surface area contributed by atoms with Gasteiger partial charge in [0.15, 0.2) is 0 Å². The average Bonchev–Trinajstić information content (AvgIpc) is 2.11. The van der Waals surface area contributed by atoms with Crippen molar-refractivity contribution in [2.24, 2.45) is 5.73 Å². The average molecular weight is 279 g/mol. The molecule has 0 fully saturated rings. The number of nitrogens with two attached hydrogens (primary N) is 1. The van der Waals surface area contributed by atoms with Crippen LogP contribution in [0.25, 0.3) is 0 Å². The molecule has 0 aliphatic heterocycles. The fourth-order valence-electron chi connectivity index (χ4n) is 1.67. The minimum Gasteiger partial charge on any atom is -0.397 e.